The quantitative estimate of drug-likeness (QED) is 0.0491. The largest absolute Gasteiger partial charge is 0.482 e. The molecule has 0 aliphatic rings. The lowest BCUT2D eigenvalue weighted by Crippen LogP contribution is -2.44. The van der Waals surface area contributed by atoms with Gasteiger partial charge < -0.3 is 10.1 Å². The number of unbranched alkanes of at least 4 members (excludes halogenated alkanes) is 35. The summed E-state index contributed by atoms with van der Waals surface area (Å²) in [5, 5.41) is 4.53. The molecule has 1 N–H and O–H groups in total. The Balaban J connectivity index is 4.56. The minimum atomic E-state index is 0.141. The summed E-state index contributed by atoms with van der Waals surface area (Å²) in [5.41, 5.74) is 0. The van der Waals surface area contributed by atoms with E-state index in [9.17, 15) is 0 Å². The van der Waals surface area contributed by atoms with E-state index in [0.29, 0.717) is 0 Å². The summed E-state index contributed by atoms with van der Waals surface area (Å²) >= 11 is 11.5. The van der Waals surface area contributed by atoms with Crippen molar-refractivity contribution < 1.29 is 4.74 Å². The van der Waals surface area contributed by atoms with Crippen LogP contribution in [0.3, 0.4) is 0 Å². The first kappa shape index (κ1) is 52.8. The van der Waals surface area contributed by atoms with Gasteiger partial charge in [0.05, 0.1) is 11.0 Å². The van der Waals surface area contributed by atoms with Crippen molar-refractivity contribution in [3.63, 3.8) is 0 Å². The van der Waals surface area contributed by atoms with Gasteiger partial charge in [-0.15, -0.1) is 0 Å². The lowest BCUT2D eigenvalue weighted by molar-refractivity contribution is 0.131. The summed E-state index contributed by atoms with van der Waals surface area (Å²) in [7, 11) is 0. The summed E-state index contributed by atoms with van der Waals surface area (Å²) in [4.78, 5) is 0.898. The molecule has 0 amide bonds. The van der Waals surface area contributed by atoms with E-state index in [2.05, 4.69) is 26.1 Å². The van der Waals surface area contributed by atoms with Gasteiger partial charge in [0.25, 0.3) is 0 Å². The molecule has 0 aromatic heterocycles. The molecule has 0 spiro atoms. The first-order valence-electron chi connectivity index (χ1n) is 24.5. The average molecular weight is 780 g/mol. The molecule has 0 aliphatic heterocycles. The Kier molecular flexibility index (Phi) is 44.3. The second-order valence-corrected chi connectivity index (χ2v) is 18.1. The van der Waals surface area contributed by atoms with Gasteiger partial charge in [0.15, 0.2) is 5.05 Å². The SMILES string of the molecule is CCCCCCCCCCCCCCCC(=S)OC(CCCCCCCCCCCCCCC)C(CCCCCCCCCCCCCC)NC(C)=S. The monoisotopic (exact) mass is 780 g/mol. The topological polar surface area (TPSA) is 21.3 Å². The van der Waals surface area contributed by atoms with Crippen molar-refractivity contribution in [2.75, 3.05) is 0 Å². The van der Waals surface area contributed by atoms with E-state index in [0.717, 1.165) is 29.3 Å². The molecular weight excluding hydrogens is 683 g/mol. The lowest BCUT2D eigenvalue weighted by Gasteiger charge is -2.30. The van der Waals surface area contributed by atoms with Gasteiger partial charge in [-0.3, -0.25) is 0 Å². The van der Waals surface area contributed by atoms with E-state index in [-0.39, 0.29) is 12.1 Å². The van der Waals surface area contributed by atoms with Gasteiger partial charge in [0, 0.05) is 6.42 Å². The predicted molar refractivity (Wildman–Crippen MR) is 249 cm³/mol. The second kappa shape index (κ2) is 44.5. The van der Waals surface area contributed by atoms with Crippen LogP contribution in [0.5, 0.6) is 0 Å². The standard InChI is InChI=1S/C49H97NOS2/c1-5-8-11-14-17-20-23-26-29-32-35-38-41-44-48(51-49(53)45-42-39-36-33-30-27-24-21-18-15-12-9-6-2)47(50-46(4)52)43-40-37-34-31-28-25-22-19-16-13-10-7-3/h47-48H,5-45H2,1-4H3,(H,50,52). The van der Waals surface area contributed by atoms with Crippen LogP contribution in [0.2, 0.25) is 0 Å². The Bertz CT molecular complexity index is 742. The molecule has 0 heterocycles. The minimum Gasteiger partial charge on any atom is -0.482 e. The van der Waals surface area contributed by atoms with E-state index < -0.39 is 0 Å². The smallest absolute Gasteiger partial charge is 0.160 e. The van der Waals surface area contributed by atoms with E-state index in [1.54, 1.807) is 0 Å². The van der Waals surface area contributed by atoms with Crippen LogP contribution in [0.15, 0.2) is 0 Å². The van der Waals surface area contributed by atoms with Crippen molar-refractivity contribution in [2.24, 2.45) is 0 Å². The van der Waals surface area contributed by atoms with E-state index in [4.69, 9.17) is 29.2 Å². The van der Waals surface area contributed by atoms with Crippen LogP contribution >= 0.6 is 24.4 Å². The van der Waals surface area contributed by atoms with Gasteiger partial charge in [-0.25, -0.2) is 0 Å². The number of rotatable bonds is 44. The van der Waals surface area contributed by atoms with Crippen LogP contribution < -0.4 is 5.32 Å². The molecule has 0 bridgehead atoms. The van der Waals surface area contributed by atoms with Crippen molar-refractivity contribution in [1.29, 1.82) is 0 Å². The Morgan fingerprint density at radius 2 is 0.642 bits per heavy atom. The molecule has 4 heteroatoms. The zero-order valence-electron chi connectivity index (χ0n) is 36.9. The summed E-state index contributed by atoms with van der Waals surface area (Å²) in [5.74, 6) is 0. The van der Waals surface area contributed by atoms with E-state index in [1.165, 1.54) is 244 Å². The molecule has 0 saturated heterocycles. The molecule has 0 aromatic carbocycles. The van der Waals surface area contributed by atoms with E-state index >= 15 is 0 Å². The third kappa shape index (κ3) is 41.2. The van der Waals surface area contributed by atoms with Gasteiger partial charge in [-0.2, -0.15) is 0 Å². The van der Waals surface area contributed by atoms with Crippen LogP contribution in [-0.4, -0.2) is 22.2 Å². The number of hydrogen-bond acceptors (Lipinski definition) is 3. The molecule has 316 valence electrons. The minimum absolute atomic E-state index is 0.141. The summed E-state index contributed by atoms with van der Waals surface area (Å²) < 4.78 is 6.69. The number of hydrogen-bond donors (Lipinski definition) is 1. The van der Waals surface area contributed by atoms with Crippen LogP contribution in [0.25, 0.3) is 0 Å². The zero-order chi connectivity index (χ0) is 38.7. The fourth-order valence-electron chi connectivity index (χ4n) is 8.04. The Labute approximate surface area is 346 Å². The van der Waals surface area contributed by atoms with Crippen molar-refractivity contribution in [3.8, 4) is 0 Å². The van der Waals surface area contributed by atoms with E-state index in [1.807, 2.05) is 6.92 Å². The van der Waals surface area contributed by atoms with Gasteiger partial charge in [0.1, 0.15) is 6.10 Å². The van der Waals surface area contributed by atoms with Gasteiger partial charge in [-0.05, 0) is 44.8 Å². The van der Waals surface area contributed by atoms with Gasteiger partial charge in [0.2, 0.25) is 0 Å². The fraction of sp³-hybridized carbons (Fsp3) is 0.959. The zero-order valence-corrected chi connectivity index (χ0v) is 38.5. The average Bonchev–Trinajstić information content (AvgIpc) is 3.14. The predicted octanol–water partition coefficient (Wildman–Crippen LogP) is 18.1. The normalized spacial score (nSPS) is 12.6. The second-order valence-electron chi connectivity index (χ2n) is 17.0. The Hall–Kier alpha value is -0.220. The maximum Gasteiger partial charge on any atom is 0.160 e. The molecule has 0 aliphatic carbocycles. The molecule has 53 heavy (non-hydrogen) atoms. The third-order valence-electron chi connectivity index (χ3n) is 11.6. The van der Waals surface area contributed by atoms with Crippen molar-refractivity contribution in [3.05, 3.63) is 0 Å². The lowest BCUT2D eigenvalue weighted by atomic mass is 9.96. The maximum atomic E-state index is 6.69. The summed E-state index contributed by atoms with van der Waals surface area (Å²) in [6.07, 6.45) is 56.0. The van der Waals surface area contributed by atoms with Gasteiger partial charge in [-0.1, -0.05) is 264 Å². The number of nitrogens with one attached hydrogen (secondary N) is 1. The van der Waals surface area contributed by atoms with Crippen LogP contribution in [-0.2, 0) is 4.74 Å². The van der Waals surface area contributed by atoms with Crippen molar-refractivity contribution in [1.82, 2.24) is 5.32 Å². The summed E-state index contributed by atoms with van der Waals surface area (Å²) in [6.45, 7) is 8.95. The molecule has 0 radical (unpaired) electrons. The Morgan fingerprint density at radius 3 is 0.943 bits per heavy atom. The highest BCUT2D eigenvalue weighted by Crippen LogP contribution is 2.21. The van der Waals surface area contributed by atoms with Crippen molar-refractivity contribution in [2.45, 2.75) is 303 Å². The first-order chi connectivity index (χ1) is 26.0. The highest BCUT2D eigenvalue weighted by molar-refractivity contribution is 7.80. The van der Waals surface area contributed by atoms with Gasteiger partial charge >= 0.3 is 0 Å². The molecule has 0 fully saturated rings. The molecular formula is C49H97NOS2. The maximum absolute atomic E-state index is 6.69. The third-order valence-corrected chi connectivity index (χ3v) is 12.0. The molecule has 0 rings (SSSR count). The van der Waals surface area contributed by atoms with Crippen LogP contribution in [0.4, 0.5) is 0 Å². The molecule has 2 atom stereocenters. The first-order valence-corrected chi connectivity index (χ1v) is 25.3. The highest BCUT2D eigenvalue weighted by atomic mass is 32.1. The van der Waals surface area contributed by atoms with Crippen LogP contribution in [0.1, 0.15) is 291 Å². The highest BCUT2D eigenvalue weighted by Gasteiger charge is 2.24. The van der Waals surface area contributed by atoms with Crippen LogP contribution in [0, 0.1) is 0 Å². The Morgan fingerprint density at radius 1 is 0.377 bits per heavy atom. The number of ether oxygens (including phenoxy) is 1. The fourth-order valence-corrected chi connectivity index (χ4v) is 8.46. The number of thiocarbonyl (C=S) groups is 2. The van der Waals surface area contributed by atoms with Crippen molar-refractivity contribution >= 4 is 34.5 Å². The molecule has 0 aromatic rings. The summed E-state index contributed by atoms with van der Waals surface area (Å²) in [6, 6.07) is 0.276. The molecule has 0 saturated carbocycles. The molecule has 2 nitrogen and oxygen atoms in total. The molecule has 2 unspecified atom stereocenters.